The Bertz CT molecular complexity index is 476. The van der Waals surface area contributed by atoms with E-state index in [0.29, 0.717) is 6.54 Å². The molecule has 0 aromatic rings. The van der Waals surface area contributed by atoms with E-state index in [1.54, 1.807) is 0 Å². The van der Waals surface area contributed by atoms with Crippen LogP contribution in [0.25, 0.3) is 0 Å². The monoisotopic (exact) mass is 310 g/mol. The van der Waals surface area contributed by atoms with Gasteiger partial charge in [0.05, 0.1) is 19.3 Å². The third-order valence-electron chi connectivity index (χ3n) is 5.72. The summed E-state index contributed by atoms with van der Waals surface area (Å²) in [7, 11) is 2.17. The normalized spacial score (nSPS) is 35.1. The number of ether oxygens (including phenoxy) is 2. The van der Waals surface area contributed by atoms with Crippen LogP contribution in [0.2, 0.25) is 0 Å². The number of rotatable bonds is 2. The Morgan fingerprint density at radius 3 is 2.05 bits per heavy atom. The summed E-state index contributed by atoms with van der Waals surface area (Å²) in [6.45, 7) is 14.1. The van der Waals surface area contributed by atoms with Crippen LogP contribution in [0.3, 0.4) is 0 Å². The molecule has 3 aliphatic rings. The van der Waals surface area contributed by atoms with Gasteiger partial charge in [0.25, 0.3) is 5.91 Å². The number of epoxide rings is 1. The van der Waals surface area contributed by atoms with Gasteiger partial charge in [0.15, 0.2) is 0 Å². The van der Waals surface area contributed by atoms with Gasteiger partial charge in [0, 0.05) is 23.9 Å². The molecular formula is C17H30N2O3. The van der Waals surface area contributed by atoms with Crippen molar-refractivity contribution in [3.05, 3.63) is 0 Å². The fraction of sp³-hybridized carbons (Fsp3) is 0.941. The van der Waals surface area contributed by atoms with Crippen LogP contribution in [0, 0.1) is 0 Å². The summed E-state index contributed by atoms with van der Waals surface area (Å²) < 4.78 is 11.8. The van der Waals surface area contributed by atoms with Gasteiger partial charge in [0.2, 0.25) is 0 Å². The zero-order chi connectivity index (χ0) is 16.6. The van der Waals surface area contributed by atoms with Crippen LogP contribution in [0.4, 0.5) is 0 Å². The number of likely N-dealkylation sites (tertiary alicyclic amines) is 1. The first kappa shape index (κ1) is 16.2. The van der Waals surface area contributed by atoms with Crippen LogP contribution in [-0.4, -0.2) is 64.4 Å². The number of nitrogens with zero attached hydrogens (tertiary/aromatic N) is 2. The first-order chi connectivity index (χ1) is 9.90. The van der Waals surface area contributed by atoms with Gasteiger partial charge in [-0.15, -0.1) is 0 Å². The molecule has 1 amide bonds. The topological polar surface area (TPSA) is 45.3 Å². The van der Waals surface area contributed by atoms with Crippen molar-refractivity contribution in [2.45, 2.75) is 82.9 Å². The molecule has 0 N–H and O–H groups in total. The van der Waals surface area contributed by atoms with E-state index in [4.69, 9.17) is 9.47 Å². The lowest BCUT2D eigenvalue weighted by atomic mass is 9.74. The van der Waals surface area contributed by atoms with Gasteiger partial charge < -0.3 is 14.4 Å². The molecule has 3 aliphatic heterocycles. The average molecular weight is 310 g/mol. The minimum absolute atomic E-state index is 0.0366. The highest BCUT2D eigenvalue weighted by Crippen LogP contribution is 2.51. The van der Waals surface area contributed by atoms with Crippen molar-refractivity contribution in [3.8, 4) is 0 Å². The molecular weight excluding hydrogens is 280 g/mol. The molecule has 3 fully saturated rings. The van der Waals surface area contributed by atoms with E-state index in [0.717, 1.165) is 19.4 Å². The van der Waals surface area contributed by atoms with Crippen LogP contribution < -0.4 is 0 Å². The molecule has 0 bridgehead atoms. The molecule has 0 aliphatic carbocycles. The van der Waals surface area contributed by atoms with Gasteiger partial charge in [-0.2, -0.15) is 0 Å². The number of carbonyl (C=O) groups excluding carboxylic acids is 1. The van der Waals surface area contributed by atoms with E-state index < -0.39 is 11.3 Å². The first-order valence-corrected chi connectivity index (χ1v) is 8.28. The van der Waals surface area contributed by atoms with E-state index in [1.165, 1.54) is 0 Å². The molecule has 1 spiro atoms. The van der Waals surface area contributed by atoms with Crippen LogP contribution in [0.5, 0.6) is 0 Å². The summed E-state index contributed by atoms with van der Waals surface area (Å²) in [4.78, 5) is 17.3. The molecule has 1 unspecified atom stereocenters. The van der Waals surface area contributed by atoms with Crippen molar-refractivity contribution in [2.75, 3.05) is 20.2 Å². The van der Waals surface area contributed by atoms with Gasteiger partial charge in [-0.25, -0.2) is 0 Å². The summed E-state index contributed by atoms with van der Waals surface area (Å²) >= 11 is 0. The highest BCUT2D eigenvalue weighted by atomic mass is 16.6. The number of amides is 1. The summed E-state index contributed by atoms with van der Waals surface area (Å²) in [5, 5.41) is 0. The Hall–Kier alpha value is -0.650. The summed E-state index contributed by atoms with van der Waals surface area (Å²) in [5.74, 6) is 0.0964. The van der Waals surface area contributed by atoms with E-state index in [2.05, 4.69) is 39.6 Å². The Balaban J connectivity index is 2.00. The predicted molar refractivity (Wildman–Crippen MR) is 84.5 cm³/mol. The Labute approximate surface area is 133 Å². The van der Waals surface area contributed by atoms with Crippen molar-refractivity contribution >= 4 is 5.91 Å². The van der Waals surface area contributed by atoms with Crippen molar-refractivity contribution in [3.63, 3.8) is 0 Å². The second kappa shape index (κ2) is 4.46. The quantitative estimate of drug-likeness (QED) is 0.732. The highest BCUT2D eigenvalue weighted by molar-refractivity contribution is 5.87. The Kier molecular flexibility index (Phi) is 3.28. The maximum Gasteiger partial charge on any atom is 0.256 e. The third-order valence-corrected chi connectivity index (χ3v) is 5.72. The Morgan fingerprint density at radius 2 is 1.59 bits per heavy atom. The zero-order valence-electron chi connectivity index (χ0n) is 15.0. The van der Waals surface area contributed by atoms with Crippen LogP contribution in [0.1, 0.15) is 54.4 Å². The molecule has 0 aromatic heterocycles. The number of carbonyl (C=O) groups is 1. The standard InChI is InChI=1S/C17H30N2O3/c1-14(2)10-17(11-15(3,4)18(14)7)19(8-12-9-21-12)13(20)16(5,6)22-17/h12H,8-11H2,1-7H3. The van der Waals surface area contributed by atoms with Gasteiger partial charge in [-0.3, -0.25) is 9.69 Å². The predicted octanol–water partition coefficient (Wildman–Crippen LogP) is 2.00. The highest BCUT2D eigenvalue weighted by Gasteiger charge is 2.63. The second-order valence-electron chi connectivity index (χ2n) is 8.97. The van der Waals surface area contributed by atoms with E-state index in [1.807, 2.05) is 18.7 Å². The molecule has 1 atom stereocenters. The molecule has 5 nitrogen and oxygen atoms in total. The van der Waals surface area contributed by atoms with Crippen molar-refractivity contribution < 1.29 is 14.3 Å². The van der Waals surface area contributed by atoms with Gasteiger partial charge >= 0.3 is 0 Å². The SMILES string of the molecule is CN1C(C)(C)CC2(CC1(C)C)OC(C)(C)C(=O)N2CC1CO1. The maximum atomic E-state index is 12.9. The molecule has 0 radical (unpaired) electrons. The fourth-order valence-electron chi connectivity index (χ4n) is 4.44. The second-order valence-corrected chi connectivity index (χ2v) is 8.97. The maximum absolute atomic E-state index is 12.9. The largest absolute Gasteiger partial charge is 0.371 e. The van der Waals surface area contributed by atoms with Crippen LogP contribution in [0.15, 0.2) is 0 Å². The van der Waals surface area contributed by atoms with Gasteiger partial charge in [-0.1, -0.05) is 0 Å². The molecule has 0 saturated carbocycles. The molecule has 0 aromatic carbocycles. The fourth-order valence-corrected chi connectivity index (χ4v) is 4.44. The number of piperidine rings is 1. The molecule has 126 valence electrons. The summed E-state index contributed by atoms with van der Waals surface area (Å²) in [6, 6.07) is 0. The number of hydrogen-bond donors (Lipinski definition) is 0. The third kappa shape index (κ3) is 2.38. The van der Waals surface area contributed by atoms with Crippen LogP contribution >= 0.6 is 0 Å². The van der Waals surface area contributed by atoms with Crippen LogP contribution in [-0.2, 0) is 14.3 Å². The summed E-state index contributed by atoms with van der Waals surface area (Å²) in [5.41, 5.74) is -1.35. The smallest absolute Gasteiger partial charge is 0.256 e. The van der Waals surface area contributed by atoms with Gasteiger partial charge in [0.1, 0.15) is 11.3 Å². The van der Waals surface area contributed by atoms with Gasteiger partial charge in [-0.05, 0) is 48.6 Å². The Morgan fingerprint density at radius 1 is 1.09 bits per heavy atom. The van der Waals surface area contributed by atoms with Crippen molar-refractivity contribution in [1.82, 2.24) is 9.80 Å². The minimum atomic E-state index is -0.753. The van der Waals surface area contributed by atoms with E-state index >= 15 is 0 Å². The molecule has 5 heteroatoms. The van der Waals surface area contributed by atoms with Crippen molar-refractivity contribution in [2.24, 2.45) is 0 Å². The number of hydrogen-bond acceptors (Lipinski definition) is 4. The lowest BCUT2D eigenvalue weighted by Crippen LogP contribution is -2.67. The first-order valence-electron chi connectivity index (χ1n) is 8.28. The molecule has 22 heavy (non-hydrogen) atoms. The summed E-state index contributed by atoms with van der Waals surface area (Å²) in [6.07, 6.45) is 1.83. The minimum Gasteiger partial charge on any atom is -0.371 e. The van der Waals surface area contributed by atoms with Crippen molar-refractivity contribution in [1.29, 1.82) is 0 Å². The lowest BCUT2D eigenvalue weighted by molar-refractivity contribution is -0.208. The average Bonchev–Trinajstić information content (AvgIpc) is 3.11. The lowest BCUT2D eigenvalue weighted by Gasteiger charge is -2.58. The van der Waals surface area contributed by atoms with E-state index in [9.17, 15) is 4.79 Å². The zero-order valence-corrected chi connectivity index (χ0v) is 15.0. The van der Waals surface area contributed by atoms with E-state index in [-0.39, 0.29) is 23.1 Å². The molecule has 3 saturated heterocycles. The molecule has 3 heterocycles. The molecule has 3 rings (SSSR count).